The number of aliphatic hydroxyl groups excluding tert-OH is 1. The molecule has 0 spiro atoms. The Morgan fingerprint density at radius 1 is 1.28 bits per heavy atom. The monoisotopic (exact) mass is 246 g/mol. The van der Waals surface area contributed by atoms with Gasteiger partial charge in [-0.15, -0.1) is 0 Å². The average molecular weight is 246 g/mol. The Morgan fingerprint density at radius 3 is 2.61 bits per heavy atom. The van der Waals surface area contributed by atoms with Crippen LogP contribution < -0.4 is 0 Å². The molecule has 2 heteroatoms. The summed E-state index contributed by atoms with van der Waals surface area (Å²) in [5.74, 6) is 0.401. The molecule has 1 aliphatic carbocycles. The number of Topliss-reactive ketones (excluding diaryl/α,β-unsaturated/α-hetero) is 1. The number of carbonyl (C=O) groups is 1. The van der Waals surface area contributed by atoms with Crippen molar-refractivity contribution in [1.82, 2.24) is 0 Å². The summed E-state index contributed by atoms with van der Waals surface area (Å²) in [4.78, 5) is 12.2. The zero-order valence-corrected chi connectivity index (χ0v) is 11.1. The van der Waals surface area contributed by atoms with E-state index < -0.39 is 6.10 Å². The molecule has 1 fully saturated rings. The molecule has 0 amide bonds. The minimum Gasteiger partial charge on any atom is -0.392 e. The van der Waals surface area contributed by atoms with E-state index >= 15 is 0 Å². The highest BCUT2D eigenvalue weighted by Gasteiger charge is 2.24. The predicted octanol–water partition coefficient (Wildman–Crippen LogP) is 3.51. The number of ketones is 1. The van der Waals surface area contributed by atoms with Gasteiger partial charge in [-0.25, -0.2) is 0 Å². The Hall–Kier alpha value is -1.15. The third-order valence-electron chi connectivity index (χ3n) is 4.03. The lowest BCUT2D eigenvalue weighted by Crippen LogP contribution is -2.25. The second kappa shape index (κ2) is 6.14. The zero-order valence-electron chi connectivity index (χ0n) is 11.1. The number of aliphatic hydroxyl groups is 1. The highest BCUT2D eigenvalue weighted by atomic mass is 16.3. The predicted molar refractivity (Wildman–Crippen MR) is 72.7 cm³/mol. The topological polar surface area (TPSA) is 37.3 Å². The summed E-state index contributed by atoms with van der Waals surface area (Å²) < 4.78 is 0. The van der Waals surface area contributed by atoms with E-state index in [1.165, 1.54) is 19.3 Å². The van der Waals surface area contributed by atoms with Gasteiger partial charge in [0.25, 0.3) is 0 Å². The van der Waals surface area contributed by atoms with Crippen LogP contribution in [-0.4, -0.2) is 17.0 Å². The second-order valence-corrected chi connectivity index (χ2v) is 5.41. The fourth-order valence-electron chi connectivity index (χ4n) is 2.87. The molecule has 0 heterocycles. The van der Waals surface area contributed by atoms with Gasteiger partial charge in [-0.3, -0.25) is 4.79 Å². The van der Waals surface area contributed by atoms with E-state index in [2.05, 4.69) is 0 Å². The summed E-state index contributed by atoms with van der Waals surface area (Å²) in [5.41, 5.74) is 1.76. The summed E-state index contributed by atoms with van der Waals surface area (Å²) >= 11 is 0. The van der Waals surface area contributed by atoms with Crippen LogP contribution in [0.3, 0.4) is 0 Å². The van der Waals surface area contributed by atoms with Crippen LogP contribution in [0.15, 0.2) is 24.3 Å². The van der Waals surface area contributed by atoms with E-state index in [0.29, 0.717) is 5.92 Å². The quantitative estimate of drug-likeness (QED) is 0.825. The molecule has 2 rings (SSSR count). The molecule has 1 aliphatic rings. The maximum atomic E-state index is 12.2. The number of hydrogen-bond donors (Lipinski definition) is 1. The molecule has 0 saturated heterocycles. The van der Waals surface area contributed by atoms with Gasteiger partial charge in [-0.1, -0.05) is 43.5 Å². The van der Waals surface area contributed by atoms with Gasteiger partial charge < -0.3 is 5.11 Å². The summed E-state index contributed by atoms with van der Waals surface area (Å²) in [7, 11) is 0. The minimum absolute atomic E-state index is 0.0752. The van der Waals surface area contributed by atoms with Crippen molar-refractivity contribution in [3.8, 4) is 0 Å². The van der Waals surface area contributed by atoms with Crippen LogP contribution in [0.1, 0.15) is 54.4 Å². The van der Waals surface area contributed by atoms with Gasteiger partial charge in [0.1, 0.15) is 0 Å². The van der Waals surface area contributed by atoms with Gasteiger partial charge in [0.2, 0.25) is 0 Å². The fraction of sp³-hybridized carbons (Fsp3) is 0.562. The summed E-state index contributed by atoms with van der Waals surface area (Å²) in [6.07, 6.45) is 5.62. The van der Waals surface area contributed by atoms with Crippen molar-refractivity contribution in [1.29, 1.82) is 0 Å². The SMILES string of the molecule is Cc1ccccc1C(=O)CC(O)C1CCCCC1. The van der Waals surface area contributed by atoms with Crippen LogP contribution in [0.5, 0.6) is 0 Å². The van der Waals surface area contributed by atoms with E-state index in [-0.39, 0.29) is 12.2 Å². The summed E-state index contributed by atoms with van der Waals surface area (Å²) in [5, 5.41) is 10.2. The molecule has 0 radical (unpaired) electrons. The molecule has 1 unspecified atom stereocenters. The number of carbonyl (C=O) groups excluding carboxylic acids is 1. The molecule has 0 aromatic heterocycles. The smallest absolute Gasteiger partial charge is 0.165 e. The molecule has 1 aromatic carbocycles. The average Bonchev–Trinajstić information content (AvgIpc) is 2.40. The lowest BCUT2D eigenvalue weighted by Gasteiger charge is -2.26. The van der Waals surface area contributed by atoms with Crippen LogP contribution in [-0.2, 0) is 0 Å². The first kappa shape index (κ1) is 13.3. The van der Waals surface area contributed by atoms with Crippen molar-refractivity contribution >= 4 is 5.78 Å². The first-order valence-corrected chi connectivity index (χ1v) is 6.95. The Balaban J connectivity index is 1.96. The molecular weight excluding hydrogens is 224 g/mol. The largest absolute Gasteiger partial charge is 0.392 e. The van der Waals surface area contributed by atoms with E-state index in [9.17, 15) is 9.90 Å². The Kier molecular flexibility index (Phi) is 4.54. The first-order chi connectivity index (χ1) is 8.68. The number of benzene rings is 1. The first-order valence-electron chi connectivity index (χ1n) is 6.95. The van der Waals surface area contributed by atoms with E-state index in [1.54, 1.807) is 0 Å². The molecule has 0 bridgehead atoms. The highest BCUT2D eigenvalue weighted by molar-refractivity contribution is 5.97. The maximum absolute atomic E-state index is 12.2. The highest BCUT2D eigenvalue weighted by Crippen LogP contribution is 2.28. The lowest BCUT2D eigenvalue weighted by molar-refractivity contribution is 0.0638. The number of hydrogen-bond acceptors (Lipinski definition) is 2. The third-order valence-corrected chi connectivity index (χ3v) is 4.03. The molecule has 2 nitrogen and oxygen atoms in total. The van der Waals surface area contributed by atoms with Gasteiger partial charge >= 0.3 is 0 Å². The van der Waals surface area contributed by atoms with E-state index in [0.717, 1.165) is 24.0 Å². The summed E-state index contributed by atoms with van der Waals surface area (Å²) in [6.45, 7) is 1.94. The van der Waals surface area contributed by atoms with Crippen molar-refractivity contribution in [2.75, 3.05) is 0 Å². The molecule has 1 atom stereocenters. The molecule has 1 saturated carbocycles. The van der Waals surface area contributed by atoms with Crippen LogP contribution in [0.2, 0.25) is 0 Å². The molecule has 98 valence electrons. The maximum Gasteiger partial charge on any atom is 0.165 e. The van der Waals surface area contributed by atoms with Gasteiger partial charge in [-0.2, -0.15) is 0 Å². The Labute approximate surface area is 109 Å². The Morgan fingerprint density at radius 2 is 1.94 bits per heavy atom. The molecule has 1 N–H and O–H groups in total. The van der Waals surface area contributed by atoms with Gasteiger partial charge in [0, 0.05) is 12.0 Å². The minimum atomic E-state index is -0.461. The zero-order chi connectivity index (χ0) is 13.0. The van der Waals surface area contributed by atoms with E-state index in [4.69, 9.17) is 0 Å². The van der Waals surface area contributed by atoms with Crippen molar-refractivity contribution in [2.24, 2.45) is 5.92 Å². The molecule has 0 aliphatic heterocycles. The van der Waals surface area contributed by atoms with E-state index in [1.807, 2.05) is 31.2 Å². The second-order valence-electron chi connectivity index (χ2n) is 5.41. The van der Waals surface area contributed by atoms with Crippen LogP contribution in [0, 0.1) is 12.8 Å². The normalized spacial score (nSPS) is 18.6. The van der Waals surface area contributed by atoms with Gasteiger partial charge in [0.15, 0.2) is 5.78 Å². The van der Waals surface area contributed by atoms with Crippen LogP contribution in [0.4, 0.5) is 0 Å². The molecular formula is C16H22O2. The number of aryl methyl sites for hydroxylation is 1. The standard InChI is InChI=1S/C16H22O2/c1-12-7-5-6-10-14(12)16(18)11-15(17)13-8-3-2-4-9-13/h5-7,10,13,15,17H,2-4,8-9,11H2,1H3. The third kappa shape index (κ3) is 3.20. The van der Waals surface area contributed by atoms with Crippen molar-refractivity contribution in [3.63, 3.8) is 0 Å². The fourth-order valence-corrected chi connectivity index (χ4v) is 2.87. The van der Waals surface area contributed by atoms with Crippen LogP contribution in [0.25, 0.3) is 0 Å². The van der Waals surface area contributed by atoms with Crippen LogP contribution >= 0.6 is 0 Å². The van der Waals surface area contributed by atoms with Crippen molar-refractivity contribution in [2.45, 2.75) is 51.6 Å². The number of rotatable bonds is 4. The lowest BCUT2D eigenvalue weighted by atomic mass is 9.83. The molecule has 1 aromatic rings. The van der Waals surface area contributed by atoms with Gasteiger partial charge in [0.05, 0.1) is 6.10 Å². The van der Waals surface area contributed by atoms with Crippen molar-refractivity contribution < 1.29 is 9.90 Å². The van der Waals surface area contributed by atoms with Crippen molar-refractivity contribution in [3.05, 3.63) is 35.4 Å². The summed E-state index contributed by atoms with van der Waals surface area (Å²) in [6, 6.07) is 7.61. The molecule has 18 heavy (non-hydrogen) atoms. The van der Waals surface area contributed by atoms with Gasteiger partial charge in [-0.05, 0) is 31.2 Å². The Bertz CT molecular complexity index is 405.